The van der Waals surface area contributed by atoms with Crippen molar-refractivity contribution in [3.63, 3.8) is 0 Å². The first-order valence-corrected chi connectivity index (χ1v) is 5.31. The Balaban J connectivity index is 2.59. The van der Waals surface area contributed by atoms with Crippen LogP contribution in [0.2, 0.25) is 5.02 Å². The second kappa shape index (κ2) is 4.43. The highest BCUT2D eigenvalue weighted by molar-refractivity contribution is 6.31. The van der Waals surface area contributed by atoms with Crippen molar-refractivity contribution in [2.75, 3.05) is 0 Å². The summed E-state index contributed by atoms with van der Waals surface area (Å²) in [5.74, 6) is -1.44. The van der Waals surface area contributed by atoms with E-state index in [1.165, 1.54) is 18.3 Å². The van der Waals surface area contributed by atoms with Gasteiger partial charge >= 0.3 is 0 Å². The Bertz CT molecular complexity index is 523. The number of aryl methyl sites for hydroxylation is 1. The molecule has 0 aliphatic rings. The van der Waals surface area contributed by atoms with E-state index < -0.39 is 11.6 Å². The quantitative estimate of drug-likeness (QED) is 0.899. The summed E-state index contributed by atoms with van der Waals surface area (Å²) in [6.07, 6.45) is 1.36. The molecule has 0 saturated heterocycles. The molecule has 1 aromatic heterocycles. The minimum Gasteiger partial charge on any atom is -0.326 e. The molecular weight excluding hydrogens is 248 g/mol. The number of rotatable bonds is 2. The molecule has 3 nitrogen and oxygen atoms in total. The molecule has 2 aromatic rings. The van der Waals surface area contributed by atoms with E-state index in [4.69, 9.17) is 17.3 Å². The maximum absolute atomic E-state index is 13.7. The van der Waals surface area contributed by atoms with Crippen molar-refractivity contribution in [3.8, 4) is 5.69 Å². The summed E-state index contributed by atoms with van der Waals surface area (Å²) >= 11 is 5.79. The molecule has 0 aliphatic carbocycles. The molecule has 0 spiro atoms. The van der Waals surface area contributed by atoms with Crippen LogP contribution in [-0.4, -0.2) is 9.78 Å². The van der Waals surface area contributed by atoms with E-state index >= 15 is 0 Å². The van der Waals surface area contributed by atoms with Crippen molar-refractivity contribution in [3.05, 3.63) is 46.2 Å². The van der Waals surface area contributed by atoms with Crippen LogP contribution < -0.4 is 5.73 Å². The lowest BCUT2D eigenvalue weighted by molar-refractivity contribution is 0.556. The van der Waals surface area contributed by atoms with Crippen LogP contribution in [-0.2, 0) is 6.54 Å². The lowest BCUT2D eigenvalue weighted by atomic mass is 10.2. The van der Waals surface area contributed by atoms with Gasteiger partial charge in [0.05, 0.1) is 10.7 Å². The highest BCUT2D eigenvalue weighted by atomic mass is 35.5. The smallest absolute Gasteiger partial charge is 0.152 e. The Morgan fingerprint density at radius 1 is 1.35 bits per heavy atom. The van der Waals surface area contributed by atoms with E-state index in [0.717, 1.165) is 4.68 Å². The summed E-state index contributed by atoms with van der Waals surface area (Å²) in [5.41, 5.74) is 5.97. The van der Waals surface area contributed by atoms with Crippen molar-refractivity contribution in [1.29, 1.82) is 0 Å². The highest BCUT2D eigenvalue weighted by Gasteiger charge is 2.15. The lowest BCUT2D eigenvalue weighted by Crippen LogP contribution is -2.05. The van der Waals surface area contributed by atoms with Gasteiger partial charge in [-0.1, -0.05) is 11.6 Å². The molecular formula is C11H10ClF2N3. The number of nitrogens with zero attached hydrogens (tertiary/aromatic N) is 2. The SMILES string of the molecule is Cc1nn(-c2c(F)cc(CN)cc2F)cc1Cl. The van der Waals surface area contributed by atoms with E-state index in [0.29, 0.717) is 16.3 Å². The molecule has 0 fully saturated rings. The number of nitrogens with two attached hydrogens (primary N) is 1. The predicted octanol–water partition coefficient (Wildman–Crippen LogP) is 2.57. The van der Waals surface area contributed by atoms with Gasteiger partial charge in [0.25, 0.3) is 0 Å². The van der Waals surface area contributed by atoms with Gasteiger partial charge in [-0.3, -0.25) is 0 Å². The van der Waals surface area contributed by atoms with Crippen LogP contribution in [0.15, 0.2) is 18.3 Å². The Labute approximate surface area is 102 Å². The predicted molar refractivity (Wildman–Crippen MR) is 61.1 cm³/mol. The van der Waals surface area contributed by atoms with Gasteiger partial charge in [-0.25, -0.2) is 13.5 Å². The maximum Gasteiger partial charge on any atom is 0.152 e. The highest BCUT2D eigenvalue weighted by Crippen LogP contribution is 2.22. The molecule has 0 bridgehead atoms. The summed E-state index contributed by atoms with van der Waals surface area (Å²) in [4.78, 5) is 0. The average molecular weight is 258 g/mol. The van der Waals surface area contributed by atoms with Crippen molar-refractivity contribution >= 4 is 11.6 Å². The van der Waals surface area contributed by atoms with Crippen LogP contribution in [0.3, 0.4) is 0 Å². The molecule has 2 rings (SSSR count). The van der Waals surface area contributed by atoms with Crippen LogP contribution >= 0.6 is 11.6 Å². The Morgan fingerprint density at radius 3 is 2.35 bits per heavy atom. The normalized spacial score (nSPS) is 10.9. The molecule has 6 heteroatoms. The molecule has 0 amide bonds. The number of benzene rings is 1. The molecule has 2 N–H and O–H groups in total. The van der Waals surface area contributed by atoms with Gasteiger partial charge in [0.2, 0.25) is 0 Å². The third-order valence-electron chi connectivity index (χ3n) is 2.38. The summed E-state index contributed by atoms with van der Waals surface area (Å²) in [5, 5.41) is 4.28. The first-order valence-electron chi connectivity index (χ1n) is 4.93. The van der Waals surface area contributed by atoms with Crippen molar-refractivity contribution in [2.45, 2.75) is 13.5 Å². The number of halogens is 3. The monoisotopic (exact) mass is 257 g/mol. The van der Waals surface area contributed by atoms with Gasteiger partial charge in [-0.2, -0.15) is 5.10 Å². The molecule has 0 radical (unpaired) electrons. The minimum atomic E-state index is -0.718. The van der Waals surface area contributed by atoms with Gasteiger partial charge in [-0.15, -0.1) is 0 Å². The van der Waals surface area contributed by atoms with Crippen LogP contribution in [0.4, 0.5) is 8.78 Å². The Kier molecular flexibility index (Phi) is 3.13. The molecule has 0 saturated carbocycles. The van der Waals surface area contributed by atoms with Gasteiger partial charge in [0, 0.05) is 12.7 Å². The largest absolute Gasteiger partial charge is 0.326 e. The molecule has 1 aromatic carbocycles. The van der Waals surface area contributed by atoms with E-state index in [1.54, 1.807) is 6.92 Å². The molecule has 90 valence electrons. The van der Waals surface area contributed by atoms with Crippen LogP contribution in [0.1, 0.15) is 11.3 Å². The molecule has 0 unspecified atom stereocenters. The van der Waals surface area contributed by atoms with Crippen LogP contribution in [0, 0.1) is 18.6 Å². The average Bonchev–Trinajstić information content (AvgIpc) is 2.57. The molecule has 0 atom stereocenters. The standard InChI is InChI=1S/C11H10ClF2N3/c1-6-8(12)5-17(16-6)11-9(13)2-7(4-15)3-10(11)14/h2-3,5H,4,15H2,1H3. The Morgan fingerprint density at radius 2 is 1.94 bits per heavy atom. The van der Waals surface area contributed by atoms with Gasteiger partial charge < -0.3 is 5.73 Å². The fraction of sp³-hybridized carbons (Fsp3) is 0.182. The van der Waals surface area contributed by atoms with Gasteiger partial charge in [0.15, 0.2) is 11.6 Å². The third-order valence-corrected chi connectivity index (χ3v) is 2.75. The maximum atomic E-state index is 13.7. The third kappa shape index (κ3) is 2.16. The van der Waals surface area contributed by atoms with Crippen LogP contribution in [0.5, 0.6) is 0 Å². The van der Waals surface area contributed by atoms with Crippen molar-refractivity contribution in [2.24, 2.45) is 5.73 Å². The second-order valence-corrected chi connectivity index (χ2v) is 4.03. The summed E-state index contributed by atoms with van der Waals surface area (Å²) < 4.78 is 28.5. The van der Waals surface area contributed by atoms with Crippen molar-refractivity contribution < 1.29 is 8.78 Å². The number of hydrogen-bond acceptors (Lipinski definition) is 2. The lowest BCUT2D eigenvalue weighted by Gasteiger charge is -2.06. The van der Waals surface area contributed by atoms with Crippen LogP contribution in [0.25, 0.3) is 5.69 Å². The molecule has 17 heavy (non-hydrogen) atoms. The zero-order valence-electron chi connectivity index (χ0n) is 9.04. The van der Waals surface area contributed by atoms with Gasteiger partial charge in [-0.05, 0) is 24.6 Å². The summed E-state index contributed by atoms with van der Waals surface area (Å²) in [6.45, 7) is 1.73. The topological polar surface area (TPSA) is 43.8 Å². The van der Waals surface area contributed by atoms with E-state index in [-0.39, 0.29) is 12.2 Å². The second-order valence-electron chi connectivity index (χ2n) is 3.62. The molecule has 1 heterocycles. The summed E-state index contributed by atoms with van der Waals surface area (Å²) in [7, 11) is 0. The van der Waals surface area contributed by atoms with E-state index in [1.807, 2.05) is 0 Å². The number of aromatic nitrogens is 2. The molecule has 0 aliphatic heterocycles. The minimum absolute atomic E-state index is 0.0764. The fourth-order valence-electron chi connectivity index (χ4n) is 1.51. The first-order chi connectivity index (χ1) is 8.02. The summed E-state index contributed by atoms with van der Waals surface area (Å²) in [6, 6.07) is 2.37. The zero-order chi connectivity index (χ0) is 12.6. The number of hydrogen-bond donors (Lipinski definition) is 1. The van der Waals surface area contributed by atoms with E-state index in [2.05, 4.69) is 5.10 Å². The van der Waals surface area contributed by atoms with Crippen molar-refractivity contribution in [1.82, 2.24) is 9.78 Å². The first kappa shape index (κ1) is 12.0. The van der Waals surface area contributed by atoms with Gasteiger partial charge in [0.1, 0.15) is 5.69 Å². The Hall–Kier alpha value is -1.46. The zero-order valence-corrected chi connectivity index (χ0v) is 9.80. The fourth-order valence-corrected chi connectivity index (χ4v) is 1.64. The van der Waals surface area contributed by atoms with E-state index in [9.17, 15) is 8.78 Å².